The van der Waals surface area contributed by atoms with Crippen molar-refractivity contribution in [2.24, 2.45) is 0 Å². The third-order valence-corrected chi connectivity index (χ3v) is 23.5. The number of fused-ring (bicyclic) bond motifs is 11. The van der Waals surface area contributed by atoms with E-state index in [1.807, 2.05) is 40.6 Å². The molecule has 0 spiro atoms. The quantitative estimate of drug-likeness (QED) is 0.120. The molecule has 0 saturated heterocycles. The number of para-hydroxylation sites is 2. The summed E-state index contributed by atoms with van der Waals surface area (Å²) in [6.45, 7) is 13.3. The van der Waals surface area contributed by atoms with E-state index in [1.165, 1.54) is 0 Å². The number of aromatic nitrogens is 1. The predicted octanol–water partition coefficient (Wildman–Crippen LogP) is 27.0. The van der Waals surface area contributed by atoms with Crippen LogP contribution in [0.5, 0.6) is 0 Å². The number of hydrogen-bond donors (Lipinski definition) is 0. The Bertz CT molecular complexity index is 6850. The van der Waals surface area contributed by atoms with Crippen LogP contribution >= 0.6 is 11.8 Å². The lowest BCUT2D eigenvalue weighted by Gasteiger charge is -2.43. The second kappa shape index (κ2) is 26.1. The van der Waals surface area contributed by atoms with E-state index in [0.29, 0.717) is 27.4 Å². The SMILES string of the molecule is [2H]c1c([2H])c([2H])c2c(c1[2H])c1c3oc4ccccc4c3c([2H])c([2H])c1n2-c1ccc2c(c1)N(c1c(-c3ccccc3)cc(C(C)(C)C)cc1-c1ccccc1)c1cc(C(C)(C)C)cc3c1B2c1cc(-c2cc(-c4cccc(-c5ccccc5)c4)cc(-c4cccc(-c5ccccc5)c4)c2)cc(-c2ccc(-c4ccccc4)cc2)c1S3. The first-order chi connectivity index (χ1) is 55.8. The number of benzene rings is 16. The van der Waals surface area contributed by atoms with Crippen LogP contribution in [-0.4, -0.2) is 11.3 Å². The molecule has 0 bridgehead atoms. The van der Waals surface area contributed by atoms with Crippen molar-refractivity contribution in [3.05, 3.63) is 369 Å². The van der Waals surface area contributed by atoms with Gasteiger partial charge in [0.25, 0.3) is 0 Å². The van der Waals surface area contributed by atoms with Crippen LogP contribution in [0.1, 0.15) is 60.9 Å². The number of rotatable bonds is 11. The lowest BCUT2D eigenvalue weighted by molar-refractivity contribution is 0.589. The molecule has 2 aliphatic heterocycles. The molecule has 20 rings (SSSR count). The molecule has 0 N–H and O–H groups in total. The van der Waals surface area contributed by atoms with Gasteiger partial charge in [-0.1, -0.05) is 320 Å². The zero-order valence-electron chi connectivity index (χ0n) is 67.4. The summed E-state index contributed by atoms with van der Waals surface area (Å²) in [6, 6.07) is 114. The first-order valence-electron chi connectivity index (χ1n) is 40.6. The minimum Gasteiger partial charge on any atom is -0.455 e. The van der Waals surface area contributed by atoms with E-state index in [9.17, 15) is 8.22 Å². The van der Waals surface area contributed by atoms with Gasteiger partial charge in [0.05, 0.1) is 30.3 Å². The third kappa shape index (κ3) is 11.4. The van der Waals surface area contributed by atoms with Gasteiger partial charge in [-0.3, -0.25) is 0 Å². The molecule has 2 aromatic heterocycles. The molecule has 0 aliphatic carbocycles. The highest BCUT2D eigenvalue weighted by atomic mass is 32.2. The fourth-order valence-electron chi connectivity index (χ4n) is 16.7. The fourth-order valence-corrected chi connectivity index (χ4v) is 18.0. The van der Waals surface area contributed by atoms with Crippen molar-refractivity contribution in [2.45, 2.75) is 62.2 Å². The van der Waals surface area contributed by atoms with Crippen molar-refractivity contribution >= 4 is 95.7 Å². The van der Waals surface area contributed by atoms with Crippen LogP contribution in [0.15, 0.2) is 372 Å². The van der Waals surface area contributed by atoms with E-state index in [0.717, 1.165) is 155 Å². The number of furan rings is 1. The zero-order valence-corrected chi connectivity index (χ0v) is 62.2. The topological polar surface area (TPSA) is 21.3 Å². The molecule has 4 heterocycles. The summed E-state index contributed by atoms with van der Waals surface area (Å²) >= 11 is 1.85. The normalized spacial score (nSPS) is 13.4. The zero-order chi connectivity index (χ0) is 78.4. The summed E-state index contributed by atoms with van der Waals surface area (Å²) in [7, 11) is 0. The van der Waals surface area contributed by atoms with Crippen molar-refractivity contribution in [1.29, 1.82) is 0 Å². The predicted molar refractivity (Wildman–Crippen MR) is 464 cm³/mol. The number of anilines is 3. The van der Waals surface area contributed by atoms with Crippen LogP contribution in [-0.2, 0) is 10.8 Å². The minimum absolute atomic E-state index is 0.0712. The highest BCUT2D eigenvalue weighted by Gasteiger charge is 2.45. The fraction of sp³-hybridized carbons (Fsp3) is 0.0769. The number of hydrogen-bond acceptors (Lipinski definition) is 3. The van der Waals surface area contributed by atoms with Crippen LogP contribution in [0, 0.1) is 0 Å². The summed E-state index contributed by atoms with van der Waals surface area (Å²) in [5.41, 5.74) is 29.0. The van der Waals surface area contributed by atoms with Crippen LogP contribution in [0.2, 0.25) is 0 Å². The lowest BCUT2D eigenvalue weighted by atomic mass is 9.34. The molecule has 3 nitrogen and oxygen atoms in total. The van der Waals surface area contributed by atoms with Gasteiger partial charge in [-0.15, -0.1) is 0 Å². The summed E-state index contributed by atoms with van der Waals surface area (Å²) < 4.78 is 67.9. The number of nitrogens with zero attached hydrogens (tertiary/aromatic N) is 2. The van der Waals surface area contributed by atoms with E-state index in [2.05, 4.69) is 344 Å². The van der Waals surface area contributed by atoms with Crippen LogP contribution in [0.4, 0.5) is 17.1 Å². The minimum atomic E-state index is -0.433. The summed E-state index contributed by atoms with van der Waals surface area (Å²) in [4.78, 5) is 4.79. The second-order valence-corrected chi connectivity index (χ2v) is 32.1. The van der Waals surface area contributed by atoms with Crippen LogP contribution in [0.3, 0.4) is 0 Å². The van der Waals surface area contributed by atoms with Gasteiger partial charge in [-0.05, 0) is 219 Å². The van der Waals surface area contributed by atoms with Crippen LogP contribution < -0.4 is 21.3 Å². The Morgan fingerprint density at radius 1 is 0.339 bits per heavy atom. The Labute approximate surface area is 650 Å². The van der Waals surface area contributed by atoms with Crippen molar-refractivity contribution in [1.82, 2.24) is 4.57 Å². The van der Waals surface area contributed by atoms with E-state index in [-0.39, 0.29) is 57.0 Å². The van der Waals surface area contributed by atoms with E-state index < -0.39 is 18.8 Å². The second-order valence-electron chi connectivity index (χ2n) is 31.1. The smallest absolute Gasteiger partial charge is 0.249 e. The average Bonchev–Trinajstić information content (AvgIpc) is 1.60. The molecule has 518 valence electrons. The maximum Gasteiger partial charge on any atom is 0.249 e. The summed E-state index contributed by atoms with van der Waals surface area (Å²) in [5.74, 6) is 0. The van der Waals surface area contributed by atoms with Gasteiger partial charge in [0.1, 0.15) is 11.2 Å². The third-order valence-electron chi connectivity index (χ3n) is 22.3. The van der Waals surface area contributed by atoms with Crippen LogP contribution in [0.25, 0.3) is 150 Å². The highest BCUT2D eigenvalue weighted by Crippen LogP contribution is 2.54. The molecular weight excluding hydrogens is 1340 g/mol. The van der Waals surface area contributed by atoms with Gasteiger partial charge in [0.2, 0.25) is 6.71 Å². The highest BCUT2D eigenvalue weighted by molar-refractivity contribution is 8.00. The molecule has 18 aromatic rings. The molecule has 2 aliphatic rings. The molecule has 0 atom stereocenters. The average molecular weight is 1420 g/mol. The first-order valence-corrected chi connectivity index (χ1v) is 38.4. The molecule has 5 heteroatoms. The summed E-state index contributed by atoms with van der Waals surface area (Å²) in [5, 5.41) is 1.62. The van der Waals surface area contributed by atoms with Gasteiger partial charge in [0, 0.05) is 54.1 Å². The molecule has 16 aromatic carbocycles. The maximum atomic E-state index is 10.4. The van der Waals surface area contributed by atoms with Gasteiger partial charge in [-0.25, -0.2) is 0 Å². The van der Waals surface area contributed by atoms with Gasteiger partial charge in [0.15, 0.2) is 0 Å². The maximum absolute atomic E-state index is 10.4. The Morgan fingerprint density at radius 2 is 0.807 bits per heavy atom. The largest absolute Gasteiger partial charge is 0.455 e. The van der Waals surface area contributed by atoms with Gasteiger partial charge >= 0.3 is 0 Å². The summed E-state index contributed by atoms with van der Waals surface area (Å²) in [6.07, 6.45) is 0. The lowest BCUT2D eigenvalue weighted by Crippen LogP contribution is -2.60. The van der Waals surface area contributed by atoms with Gasteiger partial charge in [-0.2, -0.15) is 0 Å². The van der Waals surface area contributed by atoms with Crippen molar-refractivity contribution in [2.75, 3.05) is 4.90 Å². The molecule has 0 fully saturated rings. The van der Waals surface area contributed by atoms with E-state index in [4.69, 9.17) is 4.42 Å². The van der Waals surface area contributed by atoms with E-state index >= 15 is 0 Å². The monoisotopic (exact) mass is 1420 g/mol. The molecule has 0 saturated carbocycles. The first kappa shape index (κ1) is 59.5. The van der Waals surface area contributed by atoms with Gasteiger partial charge < -0.3 is 13.9 Å². The van der Waals surface area contributed by atoms with Crippen molar-refractivity contribution in [3.8, 4) is 106 Å². The Kier molecular flexibility index (Phi) is 14.2. The Morgan fingerprint density at radius 3 is 1.39 bits per heavy atom. The van der Waals surface area contributed by atoms with E-state index in [1.54, 1.807) is 0 Å². The van der Waals surface area contributed by atoms with Crippen molar-refractivity contribution in [3.63, 3.8) is 0 Å². The molecule has 0 radical (unpaired) electrons. The molecular formula is C104H77BN2OS. The van der Waals surface area contributed by atoms with Crippen molar-refractivity contribution < 1.29 is 12.6 Å². The Hall–Kier alpha value is -12.7. The molecule has 0 unspecified atom stereocenters. The molecule has 0 amide bonds. The standard InChI is InChI=1S/C104H77BN2OS/c1-103(2,3)81-61-87(70-34-18-10-19-35-70)100(88(62-81)71-36-20-11-21-37-71)107-94-65-83(106-92-44-24-22-43-86(92)98-93(106)53-51-85-84-42-23-25-45-96(84)108-101(85)98)50-52-90(94)105-91-60-80(59-89(72-48-46-69(47-49-72)66-28-12-7-13-29-66)102(91)109-97-64-82(104(4,5)6)63-95(107)99(97)105)79-57-77(75-40-26-38-73(54-75)67-30-14-8-15-31-67)56-78(58-79)76-41-27-39-74(55-76)68-32-16-9-17-33-68/h7-65H,1-6H3/i22D,24D,43D,44D,51D,53D. The Balaban J connectivity index is 0.921. The molecule has 109 heavy (non-hydrogen) atoms.